The fourth-order valence-electron chi connectivity index (χ4n) is 4.62. The molecule has 11 heteroatoms. The Morgan fingerprint density at radius 3 is 2.62 bits per heavy atom. The highest BCUT2D eigenvalue weighted by Gasteiger charge is 2.22. The number of aryl methyl sites for hydroxylation is 1. The highest BCUT2D eigenvalue weighted by atomic mass is 32.2. The van der Waals surface area contributed by atoms with Gasteiger partial charge in [0, 0.05) is 36.7 Å². The van der Waals surface area contributed by atoms with E-state index >= 15 is 4.39 Å². The second-order valence-electron chi connectivity index (χ2n) is 9.73. The molecule has 0 amide bonds. The third-order valence-corrected chi connectivity index (χ3v) is 8.09. The molecule has 1 aliphatic heterocycles. The number of anilines is 1. The first kappa shape index (κ1) is 26.6. The normalized spacial score (nSPS) is 17.6. The molecule has 0 unspecified atom stereocenters. The number of fused-ring (bicyclic) bond motifs is 1. The molecule has 1 saturated heterocycles. The van der Waals surface area contributed by atoms with E-state index < -0.39 is 27.6 Å². The van der Waals surface area contributed by atoms with Gasteiger partial charge in [-0.3, -0.25) is 0 Å². The summed E-state index contributed by atoms with van der Waals surface area (Å²) in [6.07, 6.45) is 1.03. The molecule has 5 rings (SSSR count). The summed E-state index contributed by atoms with van der Waals surface area (Å²) in [5, 5.41) is 15.1. The average Bonchev–Trinajstić information content (AvgIpc) is 2.90. The number of alkyl halides is 1. The minimum Gasteiger partial charge on any atom is -0.350 e. The van der Waals surface area contributed by atoms with Crippen LogP contribution < -0.4 is 10.6 Å². The molecular formula is C28H26F2N6O2S. The van der Waals surface area contributed by atoms with E-state index in [1.807, 2.05) is 13.0 Å². The highest BCUT2D eigenvalue weighted by molar-refractivity contribution is 7.89. The van der Waals surface area contributed by atoms with E-state index in [2.05, 4.69) is 25.6 Å². The molecule has 4 aromatic rings. The fraction of sp³-hybridized carbons (Fsp3) is 0.286. The summed E-state index contributed by atoms with van der Waals surface area (Å²) in [5.74, 6) is -0.961. The SMILES string of the molecule is Cc1cc(-c2ccc(CS(=O)(=O)Cc3ccc(C#N)cc3)c(F)c2)nc2cnc(N[C@@H]3CNC[C@@H](F)C3)nc12. The van der Waals surface area contributed by atoms with Crippen LogP contribution in [0.1, 0.15) is 28.7 Å². The molecule has 200 valence electrons. The van der Waals surface area contributed by atoms with Crippen LogP contribution in [-0.2, 0) is 21.3 Å². The number of nitrogens with one attached hydrogen (secondary N) is 2. The number of rotatable bonds is 7. The van der Waals surface area contributed by atoms with Gasteiger partial charge in [0.1, 0.15) is 17.5 Å². The Bertz CT molecular complexity index is 1670. The summed E-state index contributed by atoms with van der Waals surface area (Å²) in [5.41, 5.74) is 3.99. The first-order valence-corrected chi connectivity index (χ1v) is 14.3. The molecule has 2 aromatic heterocycles. The molecule has 2 aromatic carbocycles. The molecule has 0 bridgehead atoms. The topological polar surface area (TPSA) is 121 Å². The van der Waals surface area contributed by atoms with Crippen molar-refractivity contribution in [1.82, 2.24) is 20.3 Å². The number of halogens is 2. The van der Waals surface area contributed by atoms with Crippen LogP contribution in [-0.4, -0.2) is 48.7 Å². The fourth-order valence-corrected chi connectivity index (χ4v) is 6.13. The molecular weight excluding hydrogens is 522 g/mol. The summed E-state index contributed by atoms with van der Waals surface area (Å²) in [6, 6.07) is 14.3. The molecule has 0 radical (unpaired) electrons. The Balaban J connectivity index is 1.33. The zero-order chi connectivity index (χ0) is 27.6. The minimum absolute atomic E-state index is 0.0664. The number of benzene rings is 2. The molecule has 0 saturated carbocycles. The summed E-state index contributed by atoms with van der Waals surface area (Å²) in [7, 11) is -3.65. The largest absolute Gasteiger partial charge is 0.350 e. The molecule has 2 N–H and O–H groups in total. The number of pyridine rings is 1. The first-order chi connectivity index (χ1) is 18.7. The van der Waals surface area contributed by atoms with Crippen molar-refractivity contribution in [2.24, 2.45) is 0 Å². The lowest BCUT2D eigenvalue weighted by Gasteiger charge is -2.26. The van der Waals surface area contributed by atoms with Gasteiger partial charge in [0.15, 0.2) is 9.84 Å². The van der Waals surface area contributed by atoms with Crippen molar-refractivity contribution in [1.29, 1.82) is 5.26 Å². The minimum atomic E-state index is -3.65. The molecule has 2 atom stereocenters. The van der Waals surface area contributed by atoms with Crippen molar-refractivity contribution >= 4 is 26.8 Å². The number of hydrogen-bond acceptors (Lipinski definition) is 8. The smallest absolute Gasteiger partial charge is 0.223 e. The van der Waals surface area contributed by atoms with E-state index in [1.54, 1.807) is 42.6 Å². The van der Waals surface area contributed by atoms with Gasteiger partial charge in [0.2, 0.25) is 5.95 Å². The van der Waals surface area contributed by atoms with Gasteiger partial charge >= 0.3 is 0 Å². The van der Waals surface area contributed by atoms with E-state index in [9.17, 15) is 12.8 Å². The molecule has 0 spiro atoms. The van der Waals surface area contributed by atoms with Crippen LogP contribution in [0.3, 0.4) is 0 Å². The van der Waals surface area contributed by atoms with Crippen molar-refractivity contribution in [3.63, 3.8) is 0 Å². The summed E-state index contributed by atoms with van der Waals surface area (Å²) < 4.78 is 54.1. The van der Waals surface area contributed by atoms with E-state index in [-0.39, 0.29) is 17.4 Å². The van der Waals surface area contributed by atoms with Crippen LogP contribution in [0.25, 0.3) is 22.3 Å². The van der Waals surface area contributed by atoms with Crippen LogP contribution in [0.2, 0.25) is 0 Å². The van der Waals surface area contributed by atoms with Gasteiger partial charge in [-0.25, -0.2) is 32.2 Å². The van der Waals surface area contributed by atoms with Crippen molar-refractivity contribution < 1.29 is 17.2 Å². The van der Waals surface area contributed by atoms with Crippen LogP contribution in [0.15, 0.2) is 54.7 Å². The number of piperidine rings is 1. The third-order valence-electron chi connectivity index (χ3n) is 6.56. The van der Waals surface area contributed by atoms with Crippen LogP contribution in [0.4, 0.5) is 14.7 Å². The van der Waals surface area contributed by atoms with E-state index in [0.717, 1.165) is 5.56 Å². The van der Waals surface area contributed by atoms with Crippen molar-refractivity contribution in [2.75, 3.05) is 18.4 Å². The van der Waals surface area contributed by atoms with Gasteiger partial charge in [-0.15, -0.1) is 0 Å². The van der Waals surface area contributed by atoms with Gasteiger partial charge in [0.25, 0.3) is 0 Å². The number of nitrogens with zero attached hydrogens (tertiary/aromatic N) is 4. The zero-order valence-corrected chi connectivity index (χ0v) is 22.0. The van der Waals surface area contributed by atoms with E-state index in [1.165, 1.54) is 12.1 Å². The summed E-state index contributed by atoms with van der Waals surface area (Å²) in [6.45, 7) is 2.83. The Morgan fingerprint density at radius 2 is 1.90 bits per heavy atom. The predicted octanol–water partition coefficient (Wildman–Crippen LogP) is 4.24. The van der Waals surface area contributed by atoms with E-state index in [4.69, 9.17) is 5.26 Å². The first-order valence-electron chi connectivity index (χ1n) is 12.4. The Labute approximate surface area is 225 Å². The Morgan fingerprint density at radius 1 is 1.10 bits per heavy atom. The lowest BCUT2D eigenvalue weighted by molar-refractivity contribution is 0.254. The van der Waals surface area contributed by atoms with Gasteiger partial charge in [-0.1, -0.05) is 24.3 Å². The number of nitriles is 1. The second-order valence-corrected chi connectivity index (χ2v) is 11.8. The Hall–Kier alpha value is -4.01. The maximum atomic E-state index is 15.0. The molecule has 39 heavy (non-hydrogen) atoms. The number of aromatic nitrogens is 3. The number of sulfone groups is 1. The van der Waals surface area contributed by atoms with Gasteiger partial charge in [-0.2, -0.15) is 5.26 Å². The van der Waals surface area contributed by atoms with Gasteiger partial charge < -0.3 is 10.6 Å². The standard InChI is InChI=1S/C28H26F2N6O2S/c1-17-8-25(35-26-14-33-28(36-27(17)26)34-23-10-22(29)12-32-13-23)20-6-7-21(24(30)9-20)16-39(37,38)15-19-4-2-18(11-31)3-5-19/h2-9,14,22-23,32H,10,12-13,15-16H2,1H3,(H,33,34,36)/t22-,23-/m0/s1. The van der Waals surface area contributed by atoms with Gasteiger partial charge in [0.05, 0.1) is 40.5 Å². The lowest BCUT2D eigenvalue weighted by Crippen LogP contribution is -2.44. The molecule has 1 aliphatic rings. The van der Waals surface area contributed by atoms with Crippen LogP contribution in [0.5, 0.6) is 0 Å². The summed E-state index contributed by atoms with van der Waals surface area (Å²) in [4.78, 5) is 13.5. The van der Waals surface area contributed by atoms with Crippen LogP contribution >= 0.6 is 0 Å². The predicted molar refractivity (Wildman–Crippen MR) is 145 cm³/mol. The van der Waals surface area contributed by atoms with Crippen molar-refractivity contribution in [2.45, 2.75) is 37.1 Å². The summed E-state index contributed by atoms with van der Waals surface area (Å²) >= 11 is 0. The second kappa shape index (κ2) is 11.0. The molecule has 1 fully saturated rings. The maximum Gasteiger partial charge on any atom is 0.223 e. The highest BCUT2D eigenvalue weighted by Crippen LogP contribution is 2.26. The molecule has 0 aliphatic carbocycles. The zero-order valence-electron chi connectivity index (χ0n) is 21.2. The Kier molecular flexibility index (Phi) is 7.50. The average molecular weight is 549 g/mol. The van der Waals surface area contributed by atoms with Crippen molar-refractivity contribution in [3.8, 4) is 17.3 Å². The lowest BCUT2D eigenvalue weighted by atomic mass is 10.1. The van der Waals surface area contributed by atoms with Crippen molar-refractivity contribution in [3.05, 3.63) is 82.8 Å². The molecule has 3 heterocycles. The molecule has 8 nitrogen and oxygen atoms in total. The van der Waals surface area contributed by atoms with Crippen LogP contribution in [0, 0.1) is 24.1 Å². The van der Waals surface area contributed by atoms with Gasteiger partial charge in [-0.05, 0) is 42.3 Å². The quantitative estimate of drug-likeness (QED) is 0.352. The maximum absolute atomic E-state index is 15.0. The van der Waals surface area contributed by atoms with E-state index in [0.29, 0.717) is 58.9 Å². The third kappa shape index (κ3) is 6.35. The monoisotopic (exact) mass is 548 g/mol. The number of hydrogen-bond donors (Lipinski definition) is 2.